The molecular weight excluding hydrogens is 375 g/mol. The van der Waals surface area contributed by atoms with E-state index in [9.17, 15) is 18.8 Å². The predicted octanol–water partition coefficient (Wildman–Crippen LogP) is 3.26. The van der Waals surface area contributed by atoms with Crippen LogP contribution in [-0.2, 0) is 14.3 Å². The second kappa shape index (κ2) is 7.75. The molecule has 140 valence electrons. The van der Waals surface area contributed by atoms with Gasteiger partial charge in [0, 0.05) is 18.7 Å². The molecule has 0 spiro atoms. The highest BCUT2D eigenvalue weighted by Gasteiger charge is 2.36. The zero-order chi connectivity index (χ0) is 19.6. The summed E-state index contributed by atoms with van der Waals surface area (Å²) in [6.45, 7) is 0.0725. The number of ether oxygens (including phenoxy) is 1. The van der Waals surface area contributed by atoms with E-state index in [0.717, 1.165) is 0 Å². The third-order valence-electron chi connectivity index (χ3n) is 4.28. The van der Waals surface area contributed by atoms with Crippen LogP contribution in [0.25, 0.3) is 0 Å². The van der Waals surface area contributed by atoms with Gasteiger partial charge in [0.25, 0.3) is 0 Å². The van der Waals surface area contributed by atoms with Crippen LogP contribution < -0.4 is 10.2 Å². The van der Waals surface area contributed by atoms with E-state index in [-0.39, 0.29) is 35.1 Å². The van der Waals surface area contributed by atoms with Gasteiger partial charge in [-0.15, -0.1) is 0 Å². The Balaban J connectivity index is 1.73. The van der Waals surface area contributed by atoms with Crippen molar-refractivity contribution in [2.45, 2.75) is 6.42 Å². The number of benzene rings is 2. The molecule has 0 aliphatic carbocycles. The van der Waals surface area contributed by atoms with Crippen molar-refractivity contribution in [3.8, 4) is 0 Å². The number of nitrogens with one attached hydrogen (secondary N) is 1. The molecule has 2 aromatic carbocycles. The summed E-state index contributed by atoms with van der Waals surface area (Å²) in [5, 5.41) is 2.86. The van der Waals surface area contributed by atoms with Crippen LogP contribution in [0.1, 0.15) is 16.8 Å². The fourth-order valence-corrected chi connectivity index (χ4v) is 3.10. The van der Waals surface area contributed by atoms with Crippen LogP contribution in [0.3, 0.4) is 0 Å². The highest BCUT2D eigenvalue weighted by Crippen LogP contribution is 2.28. The number of anilines is 2. The maximum atomic E-state index is 13.9. The molecule has 0 aromatic heterocycles. The van der Waals surface area contributed by atoms with E-state index in [4.69, 9.17) is 11.6 Å². The summed E-state index contributed by atoms with van der Waals surface area (Å²) >= 11 is 5.95. The van der Waals surface area contributed by atoms with Crippen LogP contribution in [0, 0.1) is 11.7 Å². The highest BCUT2D eigenvalue weighted by atomic mass is 35.5. The molecule has 1 unspecified atom stereocenters. The number of hydrogen-bond donors (Lipinski definition) is 1. The van der Waals surface area contributed by atoms with Gasteiger partial charge in [0.05, 0.1) is 29.3 Å². The molecule has 6 nitrogen and oxygen atoms in total. The number of rotatable bonds is 4. The molecule has 1 aliphatic rings. The monoisotopic (exact) mass is 390 g/mol. The van der Waals surface area contributed by atoms with E-state index >= 15 is 0 Å². The highest BCUT2D eigenvalue weighted by molar-refractivity contribution is 6.33. The molecule has 8 heteroatoms. The molecule has 0 bridgehead atoms. The topological polar surface area (TPSA) is 75.7 Å². The second-order valence-electron chi connectivity index (χ2n) is 6.03. The van der Waals surface area contributed by atoms with Crippen LogP contribution in [0.2, 0.25) is 5.02 Å². The molecule has 1 atom stereocenters. The van der Waals surface area contributed by atoms with Gasteiger partial charge in [0.2, 0.25) is 11.8 Å². The second-order valence-corrected chi connectivity index (χ2v) is 6.44. The third kappa shape index (κ3) is 3.93. The van der Waals surface area contributed by atoms with Gasteiger partial charge < -0.3 is 15.0 Å². The fraction of sp³-hybridized carbons (Fsp3) is 0.211. The largest absolute Gasteiger partial charge is 0.465 e. The molecule has 1 saturated heterocycles. The molecule has 1 fully saturated rings. The molecule has 0 saturated carbocycles. The number of para-hydroxylation sites is 1. The minimum atomic E-state index is -0.644. The normalized spacial score (nSPS) is 16.3. The maximum absolute atomic E-state index is 13.9. The van der Waals surface area contributed by atoms with E-state index < -0.39 is 23.6 Å². The summed E-state index contributed by atoms with van der Waals surface area (Å²) in [6.07, 6.45) is -0.0301. The van der Waals surface area contributed by atoms with Gasteiger partial charge in [0.15, 0.2) is 0 Å². The number of carbonyl (C=O) groups is 3. The van der Waals surface area contributed by atoms with Crippen molar-refractivity contribution < 1.29 is 23.5 Å². The lowest BCUT2D eigenvalue weighted by Crippen LogP contribution is -2.28. The van der Waals surface area contributed by atoms with Crippen LogP contribution in [0.4, 0.5) is 15.8 Å². The lowest BCUT2D eigenvalue weighted by molar-refractivity contribution is -0.122. The number of carbonyl (C=O) groups excluding carboxylic acids is 3. The number of hydrogen-bond acceptors (Lipinski definition) is 4. The maximum Gasteiger partial charge on any atom is 0.339 e. The van der Waals surface area contributed by atoms with Crippen LogP contribution >= 0.6 is 11.6 Å². The molecule has 2 aromatic rings. The van der Waals surface area contributed by atoms with Gasteiger partial charge in [-0.25, -0.2) is 9.18 Å². The molecule has 1 aliphatic heterocycles. The van der Waals surface area contributed by atoms with Gasteiger partial charge in [-0.1, -0.05) is 23.7 Å². The van der Waals surface area contributed by atoms with Crippen molar-refractivity contribution in [1.82, 2.24) is 0 Å². The van der Waals surface area contributed by atoms with Gasteiger partial charge in [-0.05, 0) is 30.3 Å². The minimum Gasteiger partial charge on any atom is -0.465 e. The van der Waals surface area contributed by atoms with E-state index in [1.54, 1.807) is 6.07 Å². The Hall–Kier alpha value is -2.93. The van der Waals surface area contributed by atoms with Crippen molar-refractivity contribution in [1.29, 1.82) is 0 Å². The summed E-state index contributed by atoms with van der Waals surface area (Å²) in [6, 6.07) is 10.3. The van der Waals surface area contributed by atoms with Gasteiger partial charge in [-0.2, -0.15) is 0 Å². The Morgan fingerprint density at radius 3 is 2.70 bits per heavy atom. The van der Waals surface area contributed by atoms with E-state index in [0.29, 0.717) is 5.69 Å². The van der Waals surface area contributed by atoms with Crippen LogP contribution in [0.5, 0.6) is 0 Å². The van der Waals surface area contributed by atoms with Gasteiger partial charge >= 0.3 is 5.97 Å². The van der Waals surface area contributed by atoms with Crippen molar-refractivity contribution in [3.05, 3.63) is 58.9 Å². The number of amides is 2. The molecule has 2 amide bonds. The summed E-state index contributed by atoms with van der Waals surface area (Å²) in [5.74, 6) is -2.52. The van der Waals surface area contributed by atoms with Crippen molar-refractivity contribution in [2.75, 3.05) is 23.9 Å². The molecular formula is C19H16ClFN2O4. The number of nitrogens with zero attached hydrogens (tertiary/aromatic N) is 1. The van der Waals surface area contributed by atoms with Gasteiger partial charge in [-0.3, -0.25) is 9.59 Å². The van der Waals surface area contributed by atoms with Crippen molar-refractivity contribution >= 4 is 40.8 Å². The summed E-state index contributed by atoms with van der Waals surface area (Å²) in [7, 11) is 1.23. The smallest absolute Gasteiger partial charge is 0.339 e. The van der Waals surface area contributed by atoms with E-state index in [1.807, 2.05) is 0 Å². The van der Waals surface area contributed by atoms with E-state index in [2.05, 4.69) is 10.1 Å². The zero-order valence-corrected chi connectivity index (χ0v) is 15.1. The molecule has 1 N–H and O–H groups in total. The summed E-state index contributed by atoms with van der Waals surface area (Å²) in [4.78, 5) is 37.7. The first kappa shape index (κ1) is 18.8. The zero-order valence-electron chi connectivity index (χ0n) is 14.4. The lowest BCUT2D eigenvalue weighted by atomic mass is 10.1. The average molecular weight is 391 g/mol. The summed E-state index contributed by atoms with van der Waals surface area (Å²) < 4.78 is 18.6. The first-order valence-corrected chi connectivity index (χ1v) is 8.52. The van der Waals surface area contributed by atoms with Crippen LogP contribution in [0.15, 0.2) is 42.5 Å². The molecule has 3 rings (SSSR count). The molecule has 0 radical (unpaired) electrons. The van der Waals surface area contributed by atoms with Gasteiger partial charge in [0.1, 0.15) is 5.82 Å². The standard InChI is InChI=1S/C19H16ClFN2O4/c1-27-19(26)13-9-12(6-7-14(13)20)22-18(25)11-8-17(24)23(10-11)16-5-3-2-4-15(16)21/h2-7,9,11H,8,10H2,1H3,(H,22,25). The third-order valence-corrected chi connectivity index (χ3v) is 4.61. The number of methoxy groups -OCH3 is 1. The quantitative estimate of drug-likeness (QED) is 0.813. The lowest BCUT2D eigenvalue weighted by Gasteiger charge is -2.17. The summed E-state index contributed by atoms with van der Waals surface area (Å²) in [5.41, 5.74) is 0.617. The Labute approximate surface area is 159 Å². The Kier molecular flexibility index (Phi) is 5.41. The van der Waals surface area contributed by atoms with Crippen LogP contribution in [-0.4, -0.2) is 31.4 Å². The Morgan fingerprint density at radius 1 is 1.26 bits per heavy atom. The Morgan fingerprint density at radius 2 is 2.00 bits per heavy atom. The Bertz CT molecular complexity index is 918. The first-order valence-electron chi connectivity index (χ1n) is 8.14. The molecule has 1 heterocycles. The SMILES string of the molecule is COC(=O)c1cc(NC(=O)C2CC(=O)N(c3ccccc3F)C2)ccc1Cl. The fourth-order valence-electron chi connectivity index (χ4n) is 2.90. The van der Waals surface area contributed by atoms with E-state index in [1.165, 1.54) is 48.4 Å². The predicted molar refractivity (Wildman–Crippen MR) is 98.3 cm³/mol. The van der Waals surface area contributed by atoms with Crippen molar-refractivity contribution in [3.63, 3.8) is 0 Å². The first-order chi connectivity index (χ1) is 12.9. The molecule has 27 heavy (non-hydrogen) atoms. The average Bonchev–Trinajstić information content (AvgIpc) is 3.04. The van der Waals surface area contributed by atoms with Crippen molar-refractivity contribution in [2.24, 2.45) is 5.92 Å². The number of halogens is 2. The minimum absolute atomic E-state index is 0.0301. The number of esters is 1.